The predicted octanol–water partition coefficient (Wildman–Crippen LogP) is 0.882. The first-order valence-electron chi connectivity index (χ1n) is 4.23. The van der Waals surface area contributed by atoms with Crippen molar-refractivity contribution in [3.63, 3.8) is 0 Å². The van der Waals surface area contributed by atoms with Crippen LogP contribution in [0.3, 0.4) is 0 Å². The highest BCUT2D eigenvalue weighted by atomic mass is 16.1. The summed E-state index contributed by atoms with van der Waals surface area (Å²) in [5.41, 5.74) is 0. The highest BCUT2D eigenvalue weighted by molar-refractivity contribution is 5.90. The summed E-state index contributed by atoms with van der Waals surface area (Å²) in [5.74, 6) is 0.660. The molecule has 0 aromatic heterocycles. The Morgan fingerprint density at radius 2 is 2.45 bits per heavy atom. The van der Waals surface area contributed by atoms with Crippen molar-refractivity contribution >= 4 is 5.78 Å². The summed E-state index contributed by atoms with van der Waals surface area (Å²) in [7, 11) is 0. The zero-order chi connectivity index (χ0) is 7.84. The van der Waals surface area contributed by atoms with Gasteiger partial charge in [0.25, 0.3) is 0 Å². The van der Waals surface area contributed by atoms with Gasteiger partial charge in [0.05, 0.1) is 6.04 Å². The maximum absolute atomic E-state index is 11.4. The fourth-order valence-electron chi connectivity index (χ4n) is 2.23. The van der Waals surface area contributed by atoms with E-state index in [9.17, 15) is 4.79 Å². The van der Waals surface area contributed by atoms with E-state index < -0.39 is 0 Å². The molecule has 60 valence electrons. The molecule has 2 bridgehead atoms. The first kappa shape index (κ1) is 7.04. The van der Waals surface area contributed by atoms with Gasteiger partial charge in [0, 0.05) is 12.0 Å². The van der Waals surface area contributed by atoms with Crippen LogP contribution < -0.4 is 5.32 Å². The number of hydrogen-bond donors (Lipinski definition) is 1. The van der Waals surface area contributed by atoms with Crippen LogP contribution in [0.2, 0.25) is 0 Å². The lowest BCUT2D eigenvalue weighted by molar-refractivity contribution is -0.122. The van der Waals surface area contributed by atoms with Gasteiger partial charge >= 0.3 is 0 Å². The van der Waals surface area contributed by atoms with Crippen LogP contribution in [-0.4, -0.2) is 17.9 Å². The summed E-state index contributed by atoms with van der Waals surface area (Å²) < 4.78 is 0. The molecule has 0 saturated carbocycles. The van der Waals surface area contributed by atoms with E-state index in [1.54, 1.807) is 0 Å². The van der Waals surface area contributed by atoms with Crippen molar-refractivity contribution in [2.75, 3.05) is 0 Å². The molecule has 2 rings (SSSR count). The van der Waals surface area contributed by atoms with Gasteiger partial charge < -0.3 is 5.32 Å². The molecule has 2 aliphatic rings. The maximum atomic E-state index is 11.4. The number of allylic oxidation sites excluding steroid dienone is 1. The zero-order valence-electron chi connectivity index (χ0n) is 6.55. The van der Waals surface area contributed by atoms with Gasteiger partial charge in [0.2, 0.25) is 0 Å². The third-order valence-electron chi connectivity index (χ3n) is 2.80. The van der Waals surface area contributed by atoms with Gasteiger partial charge in [-0.25, -0.2) is 0 Å². The number of ketones is 1. The number of hydrogen-bond acceptors (Lipinski definition) is 2. The standard InChI is InChI=1S/C9H13NO/c1-2-3-6-7-4-5-8(10-7)9(6)11/h2,6-8,10H,1,3-5H2. The number of Topliss-reactive ketones (excluding diaryl/α,β-unsaturated/α-hetero) is 1. The molecule has 0 amide bonds. The fourth-order valence-corrected chi connectivity index (χ4v) is 2.23. The average Bonchev–Trinajstić information content (AvgIpc) is 2.54. The molecular formula is C9H13NO. The third-order valence-corrected chi connectivity index (χ3v) is 2.80. The van der Waals surface area contributed by atoms with Gasteiger partial charge in [0.1, 0.15) is 0 Å². The van der Waals surface area contributed by atoms with Gasteiger partial charge in [-0.15, -0.1) is 6.58 Å². The van der Waals surface area contributed by atoms with Crippen LogP contribution in [-0.2, 0) is 4.79 Å². The Labute approximate surface area is 66.7 Å². The van der Waals surface area contributed by atoms with Crippen molar-refractivity contribution in [3.05, 3.63) is 12.7 Å². The Balaban J connectivity index is 2.11. The predicted molar refractivity (Wildman–Crippen MR) is 43.3 cm³/mol. The molecule has 0 spiro atoms. The lowest BCUT2D eigenvalue weighted by atomic mass is 9.86. The van der Waals surface area contributed by atoms with Crippen molar-refractivity contribution in [2.24, 2.45) is 5.92 Å². The van der Waals surface area contributed by atoms with E-state index in [1.807, 2.05) is 6.08 Å². The second-order valence-electron chi connectivity index (χ2n) is 3.44. The van der Waals surface area contributed by atoms with Crippen LogP contribution in [0.25, 0.3) is 0 Å². The molecule has 2 aliphatic heterocycles. The summed E-state index contributed by atoms with van der Waals surface area (Å²) in [6.07, 6.45) is 4.93. The average molecular weight is 151 g/mol. The summed E-state index contributed by atoms with van der Waals surface area (Å²) in [4.78, 5) is 11.4. The summed E-state index contributed by atoms with van der Waals surface area (Å²) in [6.45, 7) is 3.66. The van der Waals surface area contributed by atoms with E-state index in [2.05, 4.69) is 11.9 Å². The molecule has 0 aromatic carbocycles. The molecule has 1 N–H and O–H groups in total. The zero-order valence-corrected chi connectivity index (χ0v) is 6.55. The van der Waals surface area contributed by atoms with Gasteiger partial charge in [-0.1, -0.05) is 6.08 Å². The quantitative estimate of drug-likeness (QED) is 0.594. The van der Waals surface area contributed by atoms with Crippen LogP contribution in [0.5, 0.6) is 0 Å². The molecule has 2 heteroatoms. The SMILES string of the molecule is C=CCC1C(=O)C2CCC1N2. The molecular weight excluding hydrogens is 138 g/mol. The Bertz CT molecular complexity index is 200. The lowest BCUT2D eigenvalue weighted by Gasteiger charge is -2.16. The van der Waals surface area contributed by atoms with E-state index in [1.165, 1.54) is 6.42 Å². The summed E-state index contributed by atoms with van der Waals surface area (Å²) >= 11 is 0. The Kier molecular flexibility index (Phi) is 1.57. The number of carbonyl (C=O) groups excluding carboxylic acids is 1. The first-order chi connectivity index (χ1) is 5.33. The van der Waals surface area contributed by atoms with Crippen molar-refractivity contribution in [3.8, 4) is 0 Å². The monoisotopic (exact) mass is 151 g/mol. The van der Waals surface area contributed by atoms with Crippen molar-refractivity contribution < 1.29 is 4.79 Å². The smallest absolute Gasteiger partial charge is 0.154 e. The minimum absolute atomic E-state index is 0.185. The van der Waals surface area contributed by atoms with Crippen LogP contribution in [0, 0.1) is 5.92 Å². The molecule has 3 atom stereocenters. The molecule has 11 heavy (non-hydrogen) atoms. The van der Waals surface area contributed by atoms with E-state index in [-0.39, 0.29) is 12.0 Å². The van der Waals surface area contributed by atoms with Crippen molar-refractivity contribution in [2.45, 2.75) is 31.3 Å². The maximum Gasteiger partial charge on any atom is 0.154 e. The topological polar surface area (TPSA) is 29.1 Å². The van der Waals surface area contributed by atoms with Crippen molar-refractivity contribution in [1.29, 1.82) is 0 Å². The molecule has 3 unspecified atom stereocenters. The van der Waals surface area contributed by atoms with Crippen LogP contribution in [0.4, 0.5) is 0 Å². The Morgan fingerprint density at radius 1 is 1.64 bits per heavy atom. The normalized spacial score (nSPS) is 41.5. The van der Waals surface area contributed by atoms with Crippen LogP contribution in [0.1, 0.15) is 19.3 Å². The molecule has 2 heterocycles. The molecule has 2 nitrogen and oxygen atoms in total. The summed E-state index contributed by atoms with van der Waals surface area (Å²) in [6, 6.07) is 0.649. The highest BCUT2D eigenvalue weighted by Gasteiger charge is 2.45. The van der Waals surface area contributed by atoms with Gasteiger partial charge in [0.15, 0.2) is 5.78 Å². The van der Waals surface area contributed by atoms with Gasteiger partial charge in [-0.3, -0.25) is 4.79 Å². The second kappa shape index (κ2) is 2.45. The first-order valence-corrected chi connectivity index (χ1v) is 4.23. The fraction of sp³-hybridized carbons (Fsp3) is 0.667. The van der Waals surface area contributed by atoms with Crippen LogP contribution in [0.15, 0.2) is 12.7 Å². The van der Waals surface area contributed by atoms with E-state index >= 15 is 0 Å². The second-order valence-corrected chi connectivity index (χ2v) is 3.44. The molecule has 2 fully saturated rings. The number of rotatable bonds is 2. The third kappa shape index (κ3) is 0.932. The Morgan fingerprint density at radius 3 is 3.00 bits per heavy atom. The highest BCUT2D eigenvalue weighted by Crippen LogP contribution is 2.32. The molecule has 0 aromatic rings. The number of nitrogens with one attached hydrogen (secondary N) is 1. The lowest BCUT2D eigenvalue weighted by Crippen LogP contribution is -2.26. The molecule has 0 aliphatic carbocycles. The number of carbonyl (C=O) groups is 1. The van der Waals surface area contributed by atoms with Gasteiger partial charge in [-0.2, -0.15) is 0 Å². The van der Waals surface area contributed by atoms with Gasteiger partial charge in [-0.05, 0) is 19.3 Å². The van der Waals surface area contributed by atoms with E-state index in [0.29, 0.717) is 11.8 Å². The van der Waals surface area contributed by atoms with Crippen molar-refractivity contribution in [1.82, 2.24) is 5.32 Å². The van der Waals surface area contributed by atoms with E-state index in [0.717, 1.165) is 12.8 Å². The summed E-state index contributed by atoms with van der Waals surface area (Å²) in [5, 5.41) is 3.32. The van der Waals surface area contributed by atoms with Crippen LogP contribution >= 0.6 is 0 Å². The minimum Gasteiger partial charge on any atom is -0.304 e. The molecule has 2 saturated heterocycles. The largest absolute Gasteiger partial charge is 0.304 e. The van der Waals surface area contributed by atoms with E-state index in [4.69, 9.17) is 0 Å². The Hall–Kier alpha value is -0.630. The minimum atomic E-state index is 0.185. The number of fused-ring (bicyclic) bond motifs is 2. The molecule has 0 radical (unpaired) electrons.